The van der Waals surface area contributed by atoms with Crippen LogP contribution in [0.5, 0.6) is 11.5 Å². The average molecular weight is 502 g/mol. The van der Waals surface area contributed by atoms with E-state index in [1.807, 2.05) is 48.5 Å². The molecule has 3 aromatic rings. The molecule has 1 amide bonds. The number of carbonyl (C=O) groups excluding carboxylic acids is 1. The van der Waals surface area contributed by atoms with Gasteiger partial charge in [-0.25, -0.2) is 4.79 Å². The van der Waals surface area contributed by atoms with Crippen LogP contribution in [0.15, 0.2) is 54.6 Å². The number of ether oxygens (including phenoxy) is 2. The van der Waals surface area contributed by atoms with Crippen LogP contribution in [0.4, 0.5) is 10.5 Å². The lowest BCUT2D eigenvalue weighted by atomic mass is 10.1. The Bertz CT molecular complexity index is 1130. The Morgan fingerprint density at radius 1 is 0.912 bits per heavy atom. The fraction of sp³-hybridized carbons (Fsp3) is 0.346. The summed E-state index contributed by atoms with van der Waals surface area (Å²) in [7, 11) is 1.63. The van der Waals surface area contributed by atoms with E-state index in [-0.39, 0.29) is 0 Å². The molecule has 1 fully saturated rings. The second-order valence-electron chi connectivity index (χ2n) is 8.24. The molecular formula is C26H29Cl2N3O3. The van der Waals surface area contributed by atoms with Crippen LogP contribution in [-0.4, -0.2) is 57.4 Å². The fourth-order valence-corrected chi connectivity index (χ4v) is 4.66. The van der Waals surface area contributed by atoms with Crippen molar-refractivity contribution in [2.24, 2.45) is 0 Å². The van der Waals surface area contributed by atoms with E-state index in [1.54, 1.807) is 13.2 Å². The molecule has 4 rings (SSSR count). The maximum Gasteiger partial charge on any atom is 0.412 e. The van der Waals surface area contributed by atoms with Crippen LogP contribution in [0, 0.1) is 0 Å². The molecule has 0 bridgehead atoms. The van der Waals surface area contributed by atoms with E-state index < -0.39 is 6.09 Å². The van der Waals surface area contributed by atoms with Crippen LogP contribution in [0.1, 0.15) is 12.8 Å². The lowest BCUT2D eigenvalue weighted by molar-refractivity contribution is 0.200. The van der Waals surface area contributed by atoms with E-state index in [2.05, 4.69) is 15.1 Å². The third-order valence-corrected chi connectivity index (χ3v) is 6.89. The largest absolute Gasteiger partial charge is 0.496 e. The highest BCUT2D eigenvalue weighted by Gasteiger charge is 2.19. The summed E-state index contributed by atoms with van der Waals surface area (Å²) in [5.41, 5.74) is 1.00. The van der Waals surface area contributed by atoms with Crippen LogP contribution >= 0.6 is 23.2 Å². The number of hydrogen-bond donors (Lipinski definition) is 1. The van der Waals surface area contributed by atoms with Crippen molar-refractivity contribution in [1.29, 1.82) is 0 Å². The van der Waals surface area contributed by atoms with Gasteiger partial charge in [-0.2, -0.15) is 0 Å². The maximum absolute atomic E-state index is 12.3. The summed E-state index contributed by atoms with van der Waals surface area (Å²) in [6.07, 6.45) is 1.45. The number of halogens is 2. The van der Waals surface area contributed by atoms with E-state index in [9.17, 15) is 4.79 Å². The minimum atomic E-state index is -0.442. The number of amides is 1. The molecule has 1 heterocycles. The normalized spacial score (nSPS) is 14.3. The van der Waals surface area contributed by atoms with Gasteiger partial charge in [-0.05, 0) is 43.7 Å². The molecule has 1 N–H and O–H groups in total. The van der Waals surface area contributed by atoms with E-state index in [1.165, 1.54) is 0 Å². The monoisotopic (exact) mass is 501 g/mol. The number of fused-ring (bicyclic) bond motifs is 1. The number of unbranched alkanes of at least 4 members (excludes halogenated alkanes) is 1. The number of hydrogen-bond acceptors (Lipinski definition) is 5. The minimum Gasteiger partial charge on any atom is -0.496 e. The Morgan fingerprint density at radius 3 is 2.35 bits per heavy atom. The number of nitrogens with zero attached hydrogens (tertiary/aromatic N) is 2. The van der Waals surface area contributed by atoms with Gasteiger partial charge >= 0.3 is 6.09 Å². The van der Waals surface area contributed by atoms with Crippen LogP contribution in [-0.2, 0) is 0 Å². The molecule has 3 aromatic carbocycles. The standard InChI is InChI=1S/C26H29Cl2N3O3/c1-33-23-11-12-24(20-8-3-2-7-19(20)23)34-26(32)29-13-4-5-14-30-15-17-31(18-16-30)22-10-6-9-21(27)25(22)28/h2-3,6-12H,4-5,13-18H2,1H3,(H,29,32). The third kappa shape index (κ3) is 5.87. The summed E-state index contributed by atoms with van der Waals surface area (Å²) in [6, 6.07) is 17.0. The van der Waals surface area contributed by atoms with Crippen molar-refractivity contribution in [1.82, 2.24) is 10.2 Å². The highest BCUT2D eigenvalue weighted by molar-refractivity contribution is 6.43. The van der Waals surface area contributed by atoms with Crippen LogP contribution in [0.25, 0.3) is 10.8 Å². The predicted octanol–water partition coefficient (Wildman–Crippen LogP) is 5.85. The second kappa shape index (κ2) is 11.6. The van der Waals surface area contributed by atoms with Gasteiger partial charge in [0.2, 0.25) is 0 Å². The Balaban J connectivity index is 1.17. The van der Waals surface area contributed by atoms with Crippen LogP contribution < -0.4 is 19.7 Å². The number of methoxy groups -OCH3 is 1. The fourth-order valence-electron chi connectivity index (χ4n) is 4.25. The number of anilines is 1. The van der Waals surface area contributed by atoms with Crippen molar-refractivity contribution in [2.45, 2.75) is 12.8 Å². The Labute approximate surface area is 210 Å². The van der Waals surface area contributed by atoms with Gasteiger partial charge in [0.15, 0.2) is 0 Å². The van der Waals surface area contributed by atoms with Crippen molar-refractivity contribution in [3.8, 4) is 11.5 Å². The second-order valence-corrected chi connectivity index (χ2v) is 9.02. The lowest BCUT2D eigenvalue weighted by Gasteiger charge is -2.36. The zero-order valence-corrected chi connectivity index (χ0v) is 20.7. The van der Waals surface area contributed by atoms with Crippen molar-refractivity contribution in [3.05, 3.63) is 64.6 Å². The van der Waals surface area contributed by atoms with Crippen molar-refractivity contribution >= 4 is 45.8 Å². The number of piperazine rings is 1. The Hall–Kier alpha value is -2.67. The molecule has 6 nitrogen and oxygen atoms in total. The van der Waals surface area contributed by atoms with E-state index in [4.69, 9.17) is 32.7 Å². The van der Waals surface area contributed by atoms with E-state index in [0.717, 1.165) is 67.8 Å². The zero-order valence-electron chi connectivity index (χ0n) is 19.2. The molecule has 34 heavy (non-hydrogen) atoms. The molecule has 0 saturated carbocycles. The molecule has 180 valence electrons. The molecular weight excluding hydrogens is 473 g/mol. The van der Waals surface area contributed by atoms with Crippen molar-refractivity contribution < 1.29 is 14.3 Å². The molecule has 1 aliphatic rings. The molecule has 0 spiro atoms. The highest BCUT2D eigenvalue weighted by atomic mass is 35.5. The molecule has 0 radical (unpaired) electrons. The molecule has 0 atom stereocenters. The van der Waals surface area contributed by atoms with Gasteiger partial charge in [0.25, 0.3) is 0 Å². The summed E-state index contributed by atoms with van der Waals surface area (Å²) >= 11 is 12.5. The summed E-state index contributed by atoms with van der Waals surface area (Å²) in [4.78, 5) is 17.0. The summed E-state index contributed by atoms with van der Waals surface area (Å²) in [5.74, 6) is 1.27. The minimum absolute atomic E-state index is 0.442. The first-order chi connectivity index (χ1) is 16.6. The summed E-state index contributed by atoms with van der Waals surface area (Å²) in [6.45, 7) is 5.36. The Morgan fingerprint density at radius 2 is 1.62 bits per heavy atom. The highest BCUT2D eigenvalue weighted by Crippen LogP contribution is 2.34. The number of benzene rings is 3. The zero-order chi connectivity index (χ0) is 23.9. The average Bonchev–Trinajstić information content (AvgIpc) is 2.86. The van der Waals surface area contributed by atoms with Crippen LogP contribution in [0.2, 0.25) is 10.0 Å². The Kier molecular flexibility index (Phi) is 8.38. The van der Waals surface area contributed by atoms with Gasteiger partial charge in [0.1, 0.15) is 11.5 Å². The van der Waals surface area contributed by atoms with Crippen LogP contribution in [0.3, 0.4) is 0 Å². The topological polar surface area (TPSA) is 54.0 Å². The number of rotatable bonds is 8. The smallest absolute Gasteiger partial charge is 0.412 e. The first kappa shape index (κ1) is 24.5. The van der Waals surface area contributed by atoms with E-state index in [0.29, 0.717) is 22.3 Å². The maximum atomic E-state index is 12.3. The van der Waals surface area contributed by atoms with Crippen molar-refractivity contribution in [3.63, 3.8) is 0 Å². The molecule has 8 heteroatoms. The SMILES string of the molecule is COc1ccc(OC(=O)NCCCCN2CCN(c3cccc(Cl)c3Cl)CC2)c2ccccc12. The van der Waals surface area contributed by atoms with Gasteiger partial charge < -0.3 is 19.7 Å². The van der Waals surface area contributed by atoms with Crippen molar-refractivity contribution in [2.75, 3.05) is 51.3 Å². The number of nitrogens with one attached hydrogen (secondary N) is 1. The van der Waals surface area contributed by atoms with Gasteiger partial charge in [-0.3, -0.25) is 4.90 Å². The lowest BCUT2D eigenvalue weighted by Crippen LogP contribution is -2.46. The number of carbonyl (C=O) groups is 1. The predicted molar refractivity (Wildman–Crippen MR) is 139 cm³/mol. The molecule has 0 aliphatic carbocycles. The van der Waals surface area contributed by atoms with Gasteiger partial charge in [-0.1, -0.05) is 53.5 Å². The quantitative estimate of drug-likeness (QED) is 0.392. The summed E-state index contributed by atoms with van der Waals surface area (Å²) in [5, 5.41) is 5.82. The molecule has 1 saturated heterocycles. The molecule has 0 aromatic heterocycles. The van der Waals surface area contributed by atoms with E-state index >= 15 is 0 Å². The first-order valence-corrected chi connectivity index (χ1v) is 12.2. The molecule has 1 aliphatic heterocycles. The van der Waals surface area contributed by atoms with Gasteiger partial charge in [-0.15, -0.1) is 0 Å². The van der Waals surface area contributed by atoms with Gasteiger partial charge in [0.05, 0.1) is 22.8 Å². The summed E-state index contributed by atoms with van der Waals surface area (Å²) < 4.78 is 10.9. The third-order valence-electron chi connectivity index (χ3n) is 6.08. The molecule has 0 unspecified atom stereocenters. The van der Waals surface area contributed by atoms with Gasteiger partial charge in [0, 0.05) is 43.5 Å². The first-order valence-electron chi connectivity index (χ1n) is 11.5.